The molecule has 0 bridgehead atoms. The van der Waals surface area contributed by atoms with E-state index in [1.165, 1.54) is 22.9 Å². The number of carbonyl (C=O) groups is 1. The molecular weight excluding hydrogens is 416 g/mol. The molecule has 2 aromatic carbocycles. The van der Waals surface area contributed by atoms with E-state index < -0.39 is 0 Å². The third-order valence-electron chi connectivity index (χ3n) is 5.17. The third-order valence-corrected chi connectivity index (χ3v) is 6.39. The van der Waals surface area contributed by atoms with Gasteiger partial charge < -0.3 is 5.32 Å². The monoisotopic (exact) mass is 438 g/mol. The van der Waals surface area contributed by atoms with E-state index in [1.54, 1.807) is 6.08 Å². The molecule has 1 aliphatic rings. The molecule has 4 rings (SSSR count). The first-order valence-electron chi connectivity index (χ1n) is 9.95. The van der Waals surface area contributed by atoms with Gasteiger partial charge in [-0.15, -0.1) is 16.8 Å². The van der Waals surface area contributed by atoms with Gasteiger partial charge in [0.1, 0.15) is 0 Å². The van der Waals surface area contributed by atoms with E-state index in [1.807, 2.05) is 34.9 Å². The lowest BCUT2D eigenvalue weighted by molar-refractivity contribution is -0.119. The molecule has 30 heavy (non-hydrogen) atoms. The number of carbonyl (C=O) groups excluding carboxylic acids is 1. The van der Waals surface area contributed by atoms with Gasteiger partial charge in [-0.3, -0.25) is 9.36 Å². The maximum absolute atomic E-state index is 12.7. The van der Waals surface area contributed by atoms with Gasteiger partial charge in [-0.1, -0.05) is 53.7 Å². The molecule has 1 heterocycles. The minimum Gasteiger partial charge on any atom is -0.349 e. The van der Waals surface area contributed by atoms with Crippen molar-refractivity contribution in [3.63, 3.8) is 0 Å². The lowest BCUT2D eigenvalue weighted by Gasteiger charge is -2.26. The zero-order chi connectivity index (χ0) is 20.9. The first-order valence-corrected chi connectivity index (χ1v) is 11.3. The van der Waals surface area contributed by atoms with E-state index in [9.17, 15) is 4.79 Å². The standard InChI is InChI=1S/C23H23ClN4OS/c1-2-14-28-22(17-10-12-18(24)13-11-17)26-27-23(28)30-15-21(29)25-20-9-5-7-16-6-3-4-8-19(16)20/h2-4,6,8,10-13,20H,1,5,7,9,14-15H2,(H,25,29). The maximum atomic E-state index is 12.7. The van der Waals surface area contributed by atoms with Crippen LogP contribution in [-0.4, -0.2) is 26.4 Å². The Labute approximate surface area is 185 Å². The number of halogens is 1. The summed E-state index contributed by atoms with van der Waals surface area (Å²) in [7, 11) is 0. The maximum Gasteiger partial charge on any atom is 0.230 e. The molecule has 0 spiro atoms. The van der Waals surface area contributed by atoms with Crippen molar-refractivity contribution in [2.24, 2.45) is 0 Å². The first-order chi connectivity index (χ1) is 14.7. The van der Waals surface area contributed by atoms with Crippen molar-refractivity contribution in [2.45, 2.75) is 37.0 Å². The summed E-state index contributed by atoms with van der Waals surface area (Å²) in [6.07, 6.45) is 4.94. The van der Waals surface area contributed by atoms with Crippen LogP contribution >= 0.6 is 23.4 Å². The van der Waals surface area contributed by atoms with Gasteiger partial charge in [0.25, 0.3) is 0 Å². The van der Waals surface area contributed by atoms with E-state index in [0.29, 0.717) is 16.7 Å². The number of amides is 1. The molecule has 5 nitrogen and oxygen atoms in total. The van der Waals surface area contributed by atoms with Crippen molar-refractivity contribution in [1.29, 1.82) is 0 Å². The minimum atomic E-state index is 0.00268. The van der Waals surface area contributed by atoms with Crippen molar-refractivity contribution >= 4 is 29.3 Å². The molecule has 0 saturated carbocycles. The Bertz CT molecular complexity index is 1050. The fourth-order valence-electron chi connectivity index (χ4n) is 3.77. The van der Waals surface area contributed by atoms with Crippen LogP contribution < -0.4 is 5.32 Å². The number of allylic oxidation sites excluding steroid dienone is 1. The summed E-state index contributed by atoms with van der Waals surface area (Å²) >= 11 is 7.38. The normalized spacial score (nSPS) is 15.4. The Hall–Kier alpha value is -2.57. The van der Waals surface area contributed by atoms with Gasteiger partial charge in [-0.05, 0) is 54.7 Å². The van der Waals surface area contributed by atoms with Crippen molar-refractivity contribution in [3.05, 3.63) is 77.3 Å². The number of aromatic nitrogens is 3. The molecule has 1 amide bonds. The van der Waals surface area contributed by atoms with E-state index in [4.69, 9.17) is 11.6 Å². The number of rotatable bonds is 7. The number of nitrogens with one attached hydrogen (secondary N) is 1. The highest BCUT2D eigenvalue weighted by molar-refractivity contribution is 7.99. The van der Waals surface area contributed by atoms with Crippen molar-refractivity contribution in [3.8, 4) is 11.4 Å². The molecule has 1 N–H and O–H groups in total. The van der Waals surface area contributed by atoms with E-state index in [0.717, 1.165) is 30.7 Å². The molecule has 0 fully saturated rings. The second kappa shape index (κ2) is 9.49. The van der Waals surface area contributed by atoms with E-state index >= 15 is 0 Å². The van der Waals surface area contributed by atoms with Crippen molar-refractivity contribution in [1.82, 2.24) is 20.1 Å². The van der Waals surface area contributed by atoms with Crippen LogP contribution in [0.2, 0.25) is 5.02 Å². The van der Waals surface area contributed by atoms with Crippen LogP contribution in [0.25, 0.3) is 11.4 Å². The highest BCUT2D eigenvalue weighted by Gasteiger charge is 2.22. The first kappa shape index (κ1) is 20.7. The lowest BCUT2D eigenvalue weighted by Crippen LogP contribution is -2.32. The molecule has 1 unspecified atom stereocenters. The summed E-state index contributed by atoms with van der Waals surface area (Å²) in [6.45, 7) is 4.39. The Morgan fingerprint density at radius 2 is 2.03 bits per heavy atom. The summed E-state index contributed by atoms with van der Waals surface area (Å²) in [6, 6.07) is 15.9. The topological polar surface area (TPSA) is 59.8 Å². The van der Waals surface area contributed by atoms with Crippen LogP contribution in [0.3, 0.4) is 0 Å². The van der Waals surface area contributed by atoms with Crippen LogP contribution in [0.15, 0.2) is 66.3 Å². The smallest absolute Gasteiger partial charge is 0.230 e. The average molecular weight is 439 g/mol. The number of nitrogens with zero attached hydrogens (tertiary/aromatic N) is 3. The Morgan fingerprint density at radius 1 is 1.23 bits per heavy atom. The van der Waals surface area contributed by atoms with Crippen molar-refractivity contribution < 1.29 is 4.79 Å². The predicted molar refractivity (Wildman–Crippen MR) is 122 cm³/mol. The average Bonchev–Trinajstić information content (AvgIpc) is 3.16. The van der Waals surface area contributed by atoms with E-state index in [2.05, 4.69) is 40.3 Å². The van der Waals surface area contributed by atoms with Gasteiger partial charge in [0, 0.05) is 17.1 Å². The molecule has 1 aliphatic carbocycles. The lowest BCUT2D eigenvalue weighted by atomic mass is 9.88. The van der Waals surface area contributed by atoms with E-state index in [-0.39, 0.29) is 17.7 Å². The van der Waals surface area contributed by atoms with Crippen LogP contribution in [-0.2, 0) is 17.8 Å². The quantitative estimate of drug-likeness (QED) is 0.413. The molecule has 154 valence electrons. The number of benzene rings is 2. The Morgan fingerprint density at radius 3 is 2.83 bits per heavy atom. The summed E-state index contributed by atoms with van der Waals surface area (Å²) < 4.78 is 1.96. The van der Waals surface area contributed by atoms with Gasteiger partial charge in [0.15, 0.2) is 11.0 Å². The summed E-state index contributed by atoms with van der Waals surface area (Å²) in [4.78, 5) is 12.7. The number of fused-ring (bicyclic) bond motifs is 1. The summed E-state index contributed by atoms with van der Waals surface area (Å²) in [5.41, 5.74) is 3.49. The predicted octanol–water partition coefficient (Wildman–Crippen LogP) is 5.07. The molecule has 0 radical (unpaired) electrons. The van der Waals surface area contributed by atoms with Crippen LogP contribution in [0, 0.1) is 0 Å². The number of thioether (sulfide) groups is 1. The number of hydrogen-bond donors (Lipinski definition) is 1. The minimum absolute atomic E-state index is 0.00268. The number of hydrogen-bond acceptors (Lipinski definition) is 4. The Balaban J connectivity index is 1.44. The van der Waals surface area contributed by atoms with Gasteiger partial charge in [0.05, 0.1) is 11.8 Å². The highest BCUT2D eigenvalue weighted by Crippen LogP contribution is 2.30. The van der Waals surface area contributed by atoms with Crippen LogP contribution in [0.4, 0.5) is 0 Å². The highest BCUT2D eigenvalue weighted by atomic mass is 35.5. The zero-order valence-corrected chi connectivity index (χ0v) is 18.1. The molecule has 3 aromatic rings. The molecule has 0 saturated heterocycles. The zero-order valence-electron chi connectivity index (χ0n) is 16.6. The van der Waals surface area contributed by atoms with Gasteiger partial charge in [-0.2, -0.15) is 0 Å². The van der Waals surface area contributed by atoms with Gasteiger partial charge in [0.2, 0.25) is 5.91 Å². The molecular formula is C23H23ClN4OS. The second-order valence-corrected chi connectivity index (χ2v) is 8.59. The molecule has 1 atom stereocenters. The van der Waals surface area contributed by atoms with Crippen molar-refractivity contribution in [2.75, 3.05) is 5.75 Å². The van der Waals surface area contributed by atoms with Crippen LogP contribution in [0.1, 0.15) is 30.0 Å². The Kier molecular flexibility index (Phi) is 6.55. The molecule has 7 heteroatoms. The largest absolute Gasteiger partial charge is 0.349 e. The van der Waals surface area contributed by atoms with Crippen LogP contribution in [0.5, 0.6) is 0 Å². The molecule has 0 aliphatic heterocycles. The number of aryl methyl sites for hydroxylation is 1. The van der Waals surface area contributed by atoms with Gasteiger partial charge >= 0.3 is 0 Å². The fraction of sp³-hybridized carbons (Fsp3) is 0.261. The summed E-state index contributed by atoms with van der Waals surface area (Å²) in [5, 5.41) is 13.2. The van der Waals surface area contributed by atoms with Gasteiger partial charge in [-0.25, -0.2) is 0 Å². The third kappa shape index (κ3) is 4.60. The summed E-state index contributed by atoms with van der Waals surface area (Å²) in [5.74, 6) is 1.02. The second-order valence-electron chi connectivity index (χ2n) is 7.21. The molecule has 1 aromatic heterocycles. The SMILES string of the molecule is C=CCn1c(SCC(=O)NC2CCCc3ccccc32)nnc1-c1ccc(Cl)cc1. The fourth-order valence-corrected chi connectivity index (χ4v) is 4.66.